The molecule has 3 aromatic rings. The van der Waals surface area contributed by atoms with Gasteiger partial charge in [0.1, 0.15) is 5.75 Å². The number of rotatable bonds is 4. The predicted molar refractivity (Wildman–Crippen MR) is 106 cm³/mol. The van der Waals surface area contributed by atoms with E-state index in [9.17, 15) is 18.0 Å². The molecule has 0 spiro atoms. The first-order valence-corrected chi connectivity index (χ1v) is 9.92. The molecule has 1 fully saturated rings. The van der Waals surface area contributed by atoms with Crippen molar-refractivity contribution < 1.29 is 22.7 Å². The first-order chi connectivity index (χ1) is 14.7. The molecular formula is C21H22F3N5O2. The number of ether oxygens (including phenoxy) is 1. The van der Waals surface area contributed by atoms with E-state index >= 15 is 0 Å². The highest BCUT2D eigenvalue weighted by Gasteiger charge is 2.37. The number of hydrogen-bond acceptors (Lipinski definition) is 5. The quantitative estimate of drug-likeness (QED) is 0.628. The van der Waals surface area contributed by atoms with Crippen LogP contribution in [0.25, 0.3) is 5.78 Å². The van der Waals surface area contributed by atoms with Crippen molar-refractivity contribution in [2.24, 2.45) is 0 Å². The summed E-state index contributed by atoms with van der Waals surface area (Å²) in [4.78, 5) is 22.6. The molecule has 10 heteroatoms. The van der Waals surface area contributed by atoms with Gasteiger partial charge in [0.05, 0.1) is 19.6 Å². The Labute approximate surface area is 176 Å². The van der Waals surface area contributed by atoms with Gasteiger partial charge in [0.25, 0.3) is 11.6 Å². The number of aromatic nitrogens is 4. The summed E-state index contributed by atoms with van der Waals surface area (Å²) < 4.78 is 45.2. The number of aryl methyl sites for hydroxylation is 2. The maximum Gasteiger partial charge on any atom is 0.453 e. The van der Waals surface area contributed by atoms with E-state index in [2.05, 4.69) is 15.1 Å². The van der Waals surface area contributed by atoms with Crippen LogP contribution in [0.4, 0.5) is 13.2 Å². The lowest BCUT2D eigenvalue weighted by Gasteiger charge is -2.26. The summed E-state index contributed by atoms with van der Waals surface area (Å²) in [6, 6.07) is 7.59. The van der Waals surface area contributed by atoms with Gasteiger partial charge in [-0.05, 0) is 44.4 Å². The number of halogens is 3. The molecule has 3 heterocycles. The number of alkyl halides is 3. The minimum absolute atomic E-state index is 0.0362. The van der Waals surface area contributed by atoms with E-state index in [4.69, 9.17) is 4.74 Å². The first-order valence-electron chi connectivity index (χ1n) is 9.92. The summed E-state index contributed by atoms with van der Waals surface area (Å²) in [6.45, 7) is 3.93. The zero-order valence-electron chi connectivity index (χ0n) is 17.4. The fourth-order valence-electron chi connectivity index (χ4n) is 4.07. The molecule has 1 amide bonds. The number of benzene rings is 1. The van der Waals surface area contributed by atoms with Crippen molar-refractivity contribution >= 4 is 11.7 Å². The Kier molecular flexibility index (Phi) is 5.32. The molecule has 0 saturated carbocycles. The van der Waals surface area contributed by atoms with Crippen molar-refractivity contribution in [1.29, 1.82) is 0 Å². The minimum atomic E-state index is -4.66. The SMILES string of the molecule is COc1ccc([C@@H]2CCCN2C(=O)Cc2c(C)nc3nc(C(F)(F)F)nn3c2C)cc1. The zero-order valence-corrected chi connectivity index (χ0v) is 17.4. The van der Waals surface area contributed by atoms with Gasteiger partial charge in [0, 0.05) is 23.5 Å². The molecule has 164 valence electrons. The van der Waals surface area contributed by atoms with Crippen LogP contribution in [0, 0.1) is 13.8 Å². The Morgan fingerprint density at radius 1 is 1.19 bits per heavy atom. The van der Waals surface area contributed by atoms with E-state index in [0.29, 0.717) is 23.5 Å². The van der Waals surface area contributed by atoms with Crippen molar-refractivity contribution in [3.8, 4) is 5.75 Å². The summed E-state index contributed by atoms with van der Waals surface area (Å²) in [5, 5.41) is 3.55. The maximum atomic E-state index is 13.2. The van der Waals surface area contributed by atoms with Gasteiger partial charge in [-0.1, -0.05) is 12.1 Å². The van der Waals surface area contributed by atoms with E-state index in [1.807, 2.05) is 29.2 Å². The highest BCUT2D eigenvalue weighted by atomic mass is 19.4. The molecule has 0 radical (unpaired) electrons. The van der Waals surface area contributed by atoms with Crippen LogP contribution in [0.2, 0.25) is 0 Å². The van der Waals surface area contributed by atoms with Crippen LogP contribution < -0.4 is 4.74 Å². The van der Waals surface area contributed by atoms with E-state index < -0.39 is 12.0 Å². The molecular weight excluding hydrogens is 411 g/mol. The molecule has 7 nitrogen and oxygen atoms in total. The highest BCUT2D eigenvalue weighted by Crippen LogP contribution is 2.34. The Morgan fingerprint density at radius 2 is 1.90 bits per heavy atom. The van der Waals surface area contributed by atoms with Crippen LogP contribution in [0.3, 0.4) is 0 Å². The number of likely N-dealkylation sites (tertiary alicyclic amines) is 1. The summed E-state index contributed by atoms with van der Waals surface area (Å²) in [5.41, 5.74) is 2.50. The number of hydrogen-bond donors (Lipinski definition) is 0. The molecule has 0 bridgehead atoms. The summed E-state index contributed by atoms with van der Waals surface area (Å²) in [5.74, 6) is -0.723. The standard InChI is InChI=1S/C21H22F3N5O2/c1-12-16(13(2)29-20(25-12)26-19(27-29)21(22,23)24)11-18(30)28-10-4-5-17(28)14-6-8-15(31-3)9-7-14/h6-9,17H,4-5,10-11H2,1-3H3/t17-/m0/s1. The molecule has 1 aliphatic heterocycles. The lowest BCUT2D eigenvalue weighted by Crippen LogP contribution is -2.32. The largest absolute Gasteiger partial charge is 0.497 e. The molecule has 1 aromatic carbocycles. The van der Waals surface area contributed by atoms with Gasteiger partial charge in [0.2, 0.25) is 5.91 Å². The van der Waals surface area contributed by atoms with Crippen molar-refractivity contribution in [2.75, 3.05) is 13.7 Å². The van der Waals surface area contributed by atoms with E-state index in [1.165, 1.54) is 0 Å². The number of carbonyl (C=O) groups is 1. The Bertz CT molecular complexity index is 1120. The van der Waals surface area contributed by atoms with Crippen LogP contribution in [0.1, 0.15) is 47.2 Å². The zero-order chi connectivity index (χ0) is 22.3. The number of fused-ring (bicyclic) bond motifs is 1. The lowest BCUT2D eigenvalue weighted by molar-refractivity contribution is -0.144. The van der Waals surface area contributed by atoms with E-state index in [1.54, 1.807) is 21.0 Å². The Hall–Kier alpha value is -3.17. The maximum absolute atomic E-state index is 13.2. The predicted octanol–water partition coefficient (Wildman–Crippen LogP) is 3.67. The molecule has 1 atom stereocenters. The summed E-state index contributed by atoms with van der Waals surface area (Å²) in [7, 11) is 1.60. The highest BCUT2D eigenvalue weighted by molar-refractivity contribution is 5.80. The molecule has 0 unspecified atom stereocenters. The minimum Gasteiger partial charge on any atom is -0.497 e. The smallest absolute Gasteiger partial charge is 0.453 e. The van der Waals surface area contributed by atoms with Gasteiger partial charge in [0.15, 0.2) is 0 Å². The van der Waals surface area contributed by atoms with Gasteiger partial charge in [-0.2, -0.15) is 18.2 Å². The van der Waals surface area contributed by atoms with Crippen LogP contribution in [0.15, 0.2) is 24.3 Å². The third kappa shape index (κ3) is 3.94. The first kappa shape index (κ1) is 21.1. The van der Waals surface area contributed by atoms with Crippen LogP contribution in [-0.2, 0) is 17.4 Å². The van der Waals surface area contributed by atoms with Gasteiger partial charge < -0.3 is 9.64 Å². The molecule has 31 heavy (non-hydrogen) atoms. The number of amides is 1. The van der Waals surface area contributed by atoms with Gasteiger partial charge in [-0.3, -0.25) is 4.79 Å². The van der Waals surface area contributed by atoms with E-state index in [-0.39, 0.29) is 24.1 Å². The summed E-state index contributed by atoms with van der Waals surface area (Å²) in [6.07, 6.45) is -2.89. The third-order valence-electron chi connectivity index (χ3n) is 5.70. The average Bonchev–Trinajstić information content (AvgIpc) is 3.38. The van der Waals surface area contributed by atoms with Crippen LogP contribution in [-0.4, -0.2) is 44.0 Å². The second kappa shape index (κ2) is 7.82. The summed E-state index contributed by atoms with van der Waals surface area (Å²) >= 11 is 0. The number of carbonyl (C=O) groups excluding carboxylic acids is 1. The van der Waals surface area contributed by atoms with Gasteiger partial charge in [-0.25, -0.2) is 9.50 Å². The van der Waals surface area contributed by atoms with Crippen molar-refractivity contribution in [1.82, 2.24) is 24.5 Å². The number of nitrogens with zero attached hydrogens (tertiary/aromatic N) is 5. The second-order valence-electron chi connectivity index (χ2n) is 7.60. The van der Waals surface area contributed by atoms with Crippen molar-refractivity contribution in [2.45, 2.75) is 45.3 Å². The number of methoxy groups -OCH3 is 1. The normalized spacial score (nSPS) is 16.8. The van der Waals surface area contributed by atoms with E-state index in [0.717, 1.165) is 28.7 Å². The molecule has 1 saturated heterocycles. The van der Waals surface area contributed by atoms with Crippen molar-refractivity contribution in [3.05, 3.63) is 52.6 Å². The Morgan fingerprint density at radius 3 is 2.55 bits per heavy atom. The van der Waals surface area contributed by atoms with Crippen LogP contribution >= 0.6 is 0 Å². The van der Waals surface area contributed by atoms with Crippen molar-refractivity contribution in [3.63, 3.8) is 0 Å². The molecule has 1 aliphatic rings. The lowest BCUT2D eigenvalue weighted by atomic mass is 10.0. The average molecular weight is 433 g/mol. The topological polar surface area (TPSA) is 72.6 Å². The van der Waals surface area contributed by atoms with Gasteiger partial charge >= 0.3 is 6.18 Å². The third-order valence-corrected chi connectivity index (χ3v) is 5.70. The molecule has 0 aliphatic carbocycles. The molecule has 0 N–H and O–H groups in total. The Balaban J connectivity index is 1.61. The monoisotopic (exact) mass is 433 g/mol. The van der Waals surface area contributed by atoms with Gasteiger partial charge in [-0.15, -0.1) is 5.10 Å². The fourth-order valence-corrected chi connectivity index (χ4v) is 4.07. The molecule has 4 rings (SSSR count). The van der Waals surface area contributed by atoms with Crippen LogP contribution in [0.5, 0.6) is 5.75 Å². The fraction of sp³-hybridized carbons (Fsp3) is 0.429. The molecule has 2 aromatic heterocycles. The second-order valence-corrected chi connectivity index (χ2v) is 7.60.